The molecule has 0 atom stereocenters. The quantitative estimate of drug-likeness (QED) is 0.703. The summed E-state index contributed by atoms with van der Waals surface area (Å²) in [4.78, 5) is 5.96. The second-order valence-electron chi connectivity index (χ2n) is 4.14. The number of rotatable bonds is 4. The number of nitrogens with zero attached hydrogens (tertiary/aromatic N) is 2. The van der Waals surface area contributed by atoms with Gasteiger partial charge in [-0.05, 0) is 30.5 Å². The lowest BCUT2D eigenvalue weighted by molar-refractivity contribution is 0.799. The number of thioether (sulfide) groups is 1. The molecule has 96 valence electrons. The Kier molecular flexibility index (Phi) is 3.80. The molecule has 0 aliphatic heterocycles. The van der Waals surface area contributed by atoms with E-state index in [0.29, 0.717) is 0 Å². The van der Waals surface area contributed by atoms with E-state index >= 15 is 0 Å². The van der Waals surface area contributed by atoms with Crippen molar-refractivity contribution in [2.75, 3.05) is 6.26 Å². The molecule has 2 aromatic carbocycles. The van der Waals surface area contributed by atoms with Crippen LogP contribution in [0.25, 0.3) is 11.0 Å². The van der Waals surface area contributed by atoms with Crippen LogP contribution in [-0.2, 0) is 5.88 Å². The average molecular weight is 286 g/mol. The molecular weight excluding hydrogens is 272 g/mol. The van der Waals surface area contributed by atoms with Crippen LogP contribution in [-0.4, -0.2) is 15.8 Å². The Morgan fingerprint density at radius 1 is 1.00 bits per heavy atom. The largest absolute Gasteiger partial charge is 0.309 e. The zero-order valence-corrected chi connectivity index (χ0v) is 12.2. The molecule has 0 unspecified atom stereocenters. The standard InChI is InChI=1S/C15H14N2S2/c1-18-11-17-14-10-6-5-9-13(14)16-15(17)19-12-7-3-2-4-8-12/h2-10H,11H2,1H3. The summed E-state index contributed by atoms with van der Waals surface area (Å²) < 4.78 is 2.28. The molecule has 0 saturated carbocycles. The second-order valence-corrected chi connectivity index (χ2v) is 6.02. The molecule has 0 fully saturated rings. The highest BCUT2D eigenvalue weighted by Crippen LogP contribution is 2.30. The summed E-state index contributed by atoms with van der Waals surface area (Å²) >= 11 is 3.53. The van der Waals surface area contributed by atoms with Gasteiger partial charge in [0.1, 0.15) is 0 Å². The van der Waals surface area contributed by atoms with Crippen molar-refractivity contribution in [3.8, 4) is 0 Å². The van der Waals surface area contributed by atoms with Gasteiger partial charge in [-0.2, -0.15) is 0 Å². The topological polar surface area (TPSA) is 17.8 Å². The van der Waals surface area contributed by atoms with E-state index in [9.17, 15) is 0 Å². The fourth-order valence-electron chi connectivity index (χ4n) is 1.98. The van der Waals surface area contributed by atoms with Crippen molar-refractivity contribution >= 4 is 34.6 Å². The number of hydrogen-bond acceptors (Lipinski definition) is 3. The lowest BCUT2D eigenvalue weighted by Crippen LogP contribution is -1.95. The first-order valence-corrected chi connectivity index (χ1v) is 8.26. The lowest BCUT2D eigenvalue weighted by Gasteiger charge is -2.06. The molecule has 0 saturated heterocycles. The molecule has 2 nitrogen and oxygen atoms in total. The predicted molar refractivity (Wildman–Crippen MR) is 83.8 cm³/mol. The van der Waals surface area contributed by atoms with Crippen LogP contribution in [0.2, 0.25) is 0 Å². The SMILES string of the molecule is CSCn1c(Sc2ccccc2)nc2ccccc21. The summed E-state index contributed by atoms with van der Waals surface area (Å²) in [6.07, 6.45) is 2.12. The Labute approximate surface area is 121 Å². The van der Waals surface area contributed by atoms with Crippen LogP contribution in [0.5, 0.6) is 0 Å². The van der Waals surface area contributed by atoms with E-state index in [1.807, 2.05) is 23.9 Å². The van der Waals surface area contributed by atoms with Gasteiger partial charge in [0.25, 0.3) is 0 Å². The van der Waals surface area contributed by atoms with Gasteiger partial charge in [-0.25, -0.2) is 4.98 Å². The third kappa shape index (κ3) is 2.65. The molecule has 3 aromatic rings. The van der Waals surface area contributed by atoms with Gasteiger partial charge in [-0.3, -0.25) is 0 Å². The van der Waals surface area contributed by atoms with E-state index in [2.05, 4.69) is 53.3 Å². The van der Waals surface area contributed by atoms with Gasteiger partial charge < -0.3 is 4.57 Å². The molecule has 0 radical (unpaired) electrons. The van der Waals surface area contributed by atoms with Gasteiger partial charge in [-0.15, -0.1) is 11.8 Å². The third-order valence-corrected chi connectivity index (χ3v) is 4.35. The van der Waals surface area contributed by atoms with E-state index < -0.39 is 0 Å². The van der Waals surface area contributed by atoms with Crippen LogP contribution in [0.1, 0.15) is 0 Å². The smallest absolute Gasteiger partial charge is 0.174 e. The first-order valence-electron chi connectivity index (χ1n) is 6.05. The Hall–Kier alpha value is -1.39. The van der Waals surface area contributed by atoms with Gasteiger partial charge in [0, 0.05) is 4.90 Å². The van der Waals surface area contributed by atoms with Crippen LogP contribution in [0.3, 0.4) is 0 Å². The van der Waals surface area contributed by atoms with Crippen LogP contribution in [0.15, 0.2) is 64.6 Å². The summed E-state index contributed by atoms with van der Waals surface area (Å²) in [5.41, 5.74) is 2.27. The van der Waals surface area contributed by atoms with Crippen molar-refractivity contribution in [2.45, 2.75) is 15.9 Å². The highest BCUT2D eigenvalue weighted by atomic mass is 32.2. The van der Waals surface area contributed by atoms with E-state index in [1.165, 1.54) is 10.4 Å². The maximum atomic E-state index is 4.74. The molecule has 0 aliphatic carbocycles. The first-order chi connectivity index (χ1) is 9.38. The van der Waals surface area contributed by atoms with Crippen molar-refractivity contribution in [3.63, 3.8) is 0 Å². The number of hydrogen-bond donors (Lipinski definition) is 0. The summed E-state index contributed by atoms with van der Waals surface area (Å²) in [6, 6.07) is 18.7. The zero-order chi connectivity index (χ0) is 13.1. The van der Waals surface area contributed by atoms with Gasteiger partial charge in [0.05, 0.1) is 16.9 Å². The minimum absolute atomic E-state index is 0.926. The van der Waals surface area contributed by atoms with Gasteiger partial charge in [0.15, 0.2) is 5.16 Å². The number of benzene rings is 2. The number of imidazole rings is 1. The monoisotopic (exact) mass is 286 g/mol. The highest BCUT2D eigenvalue weighted by molar-refractivity contribution is 7.99. The Balaban J connectivity index is 2.04. The molecule has 1 aromatic heterocycles. The number of fused-ring (bicyclic) bond motifs is 1. The Bertz CT molecular complexity index is 677. The average Bonchev–Trinajstić information content (AvgIpc) is 2.79. The van der Waals surface area contributed by atoms with Crippen molar-refractivity contribution in [2.24, 2.45) is 0 Å². The van der Waals surface area contributed by atoms with Crippen molar-refractivity contribution in [1.82, 2.24) is 9.55 Å². The van der Waals surface area contributed by atoms with Gasteiger partial charge in [0.2, 0.25) is 0 Å². The fraction of sp³-hybridized carbons (Fsp3) is 0.133. The minimum Gasteiger partial charge on any atom is -0.309 e. The van der Waals surface area contributed by atoms with E-state index in [-0.39, 0.29) is 0 Å². The van der Waals surface area contributed by atoms with E-state index in [0.717, 1.165) is 16.5 Å². The van der Waals surface area contributed by atoms with Crippen LogP contribution in [0.4, 0.5) is 0 Å². The molecule has 0 N–H and O–H groups in total. The van der Waals surface area contributed by atoms with Crippen molar-refractivity contribution < 1.29 is 0 Å². The lowest BCUT2D eigenvalue weighted by atomic mass is 10.3. The molecule has 0 amide bonds. The molecule has 19 heavy (non-hydrogen) atoms. The van der Waals surface area contributed by atoms with Crippen LogP contribution in [0, 0.1) is 0 Å². The summed E-state index contributed by atoms with van der Waals surface area (Å²) in [7, 11) is 0. The summed E-state index contributed by atoms with van der Waals surface area (Å²) in [5.74, 6) is 0.926. The van der Waals surface area contributed by atoms with E-state index in [4.69, 9.17) is 4.98 Å². The summed E-state index contributed by atoms with van der Waals surface area (Å²) in [6.45, 7) is 0. The molecule has 0 aliphatic rings. The molecule has 0 bridgehead atoms. The molecule has 1 heterocycles. The normalized spacial score (nSPS) is 11.0. The number of aromatic nitrogens is 2. The predicted octanol–water partition coefficient (Wildman–Crippen LogP) is 4.51. The number of para-hydroxylation sites is 2. The molecular formula is C15H14N2S2. The van der Waals surface area contributed by atoms with Crippen molar-refractivity contribution in [3.05, 3.63) is 54.6 Å². The molecule has 3 rings (SSSR count). The maximum Gasteiger partial charge on any atom is 0.174 e. The molecule has 0 spiro atoms. The second kappa shape index (κ2) is 5.72. The fourth-order valence-corrected chi connectivity index (χ4v) is 3.50. The Morgan fingerprint density at radius 3 is 2.53 bits per heavy atom. The summed E-state index contributed by atoms with van der Waals surface area (Å²) in [5, 5.41) is 1.06. The highest BCUT2D eigenvalue weighted by Gasteiger charge is 2.10. The maximum absolute atomic E-state index is 4.74. The minimum atomic E-state index is 0.926. The van der Waals surface area contributed by atoms with Gasteiger partial charge >= 0.3 is 0 Å². The third-order valence-electron chi connectivity index (χ3n) is 2.83. The Morgan fingerprint density at radius 2 is 1.74 bits per heavy atom. The van der Waals surface area contributed by atoms with Crippen LogP contribution >= 0.6 is 23.5 Å². The van der Waals surface area contributed by atoms with E-state index in [1.54, 1.807) is 11.8 Å². The van der Waals surface area contributed by atoms with Gasteiger partial charge in [-0.1, -0.05) is 42.1 Å². The first kappa shape index (κ1) is 12.6. The van der Waals surface area contributed by atoms with Crippen molar-refractivity contribution in [1.29, 1.82) is 0 Å². The van der Waals surface area contributed by atoms with Crippen LogP contribution < -0.4 is 0 Å². The molecule has 4 heteroatoms. The zero-order valence-electron chi connectivity index (χ0n) is 10.6.